The van der Waals surface area contributed by atoms with Crippen molar-refractivity contribution in [2.24, 2.45) is 0 Å². The van der Waals surface area contributed by atoms with E-state index in [1.54, 1.807) is 0 Å². The number of thiophene rings is 1. The molecule has 0 N–H and O–H groups in total. The summed E-state index contributed by atoms with van der Waals surface area (Å²) < 4.78 is 2.58. The van der Waals surface area contributed by atoms with Gasteiger partial charge in [-0.3, -0.25) is 0 Å². The Kier molecular flexibility index (Phi) is 7.39. The van der Waals surface area contributed by atoms with Crippen molar-refractivity contribution >= 4 is 63.8 Å². The van der Waals surface area contributed by atoms with Gasteiger partial charge in [0.1, 0.15) is 0 Å². The second-order valence-corrected chi connectivity index (χ2v) is 15.2. The van der Waals surface area contributed by atoms with Crippen LogP contribution in [0.15, 0.2) is 194 Å². The molecule has 0 unspecified atom stereocenters. The highest BCUT2D eigenvalue weighted by molar-refractivity contribution is 7.25. The molecule has 0 fully saturated rings. The van der Waals surface area contributed by atoms with Gasteiger partial charge in [-0.05, 0) is 84.9 Å². The van der Waals surface area contributed by atoms with Gasteiger partial charge in [0, 0.05) is 36.9 Å². The molecule has 0 saturated heterocycles. The van der Waals surface area contributed by atoms with Crippen molar-refractivity contribution in [3.05, 3.63) is 194 Å². The van der Waals surface area contributed by atoms with Gasteiger partial charge in [-0.15, -0.1) is 11.3 Å². The van der Waals surface area contributed by atoms with E-state index in [0.717, 1.165) is 39.5 Å². The summed E-state index contributed by atoms with van der Waals surface area (Å²) in [6, 6.07) is 69.9. The molecule has 0 aliphatic rings. The third kappa shape index (κ3) is 5.48. The summed E-state index contributed by atoms with van der Waals surface area (Å²) in [4.78, 5) is 10.2. The van der Waals surface area contributed by atoms with Gasteiger partial charge in [-0.1, -0.05) is 164 Å². The first-order chi connectivity index (χ1) is 27.2. The summed E-state index contributed by atoms with van der Waals surface area (Å²) in [5.74, 6) is 0.719. The van der Waals surface area contributed by atoms with Gasteiger partial charge in [-0.25, -0.2) is 9.97 Å². The van der Waals surface area contributed by atoms with Crippen LogP contribution in [0.2, 0.25) is 0 Å². The van der Waals surface area contributed by atoms with E-state index in [1.165, 1.54) is 69.2 Å². The zero-order valence-corrected chi connectivity index (χ0v) is 30.6. The van der Waals surface area contributed by atoms with Crippen LogP contribution in [-0.4, -0.2) is 9.97 Å². The predicted octanol–water partition coefficient (Wildman–Crippen LogP) is 14.6. The van der Waals surface area contributed by atoms with Crippen LogP contribution in [0.4, 0.5) is 0 Å². The van der Waals surface area contributed by atoms with E-state index in [9.17, 15) is 0 Å². The molecule has 0 aliphatic heterocycles. The van der Waals surface area contributed by atoms with Gasteiger partial charge < -0.3 is 0 Å². The van der Waals surface area contributed by atoms with Gasteiger partial charge in [0.15, 0.2) is 5.82 Å². The normalized spacial score (nSPS) is 11.6. The molecule has 256 valence electrons. The highest BCUT2D eigenvalue weighted by Crippen LogP contribution is 2.41. The van der Waals surface area contributed by atoms with Crippen molar-refractivity contribution in [3.63, 3.8) is 0 Å². The van der Waals surface area contributed by atoms with Gasteiger partial charge in [0.2, 0.25) is 0 Å². The zero-order chi connectivity index (χ0) is 36.3. The fourth-order valence-electron chi connectivity index (χ4n) is 8.14. The summed E-state index contributed by atoms with van der Waals surface area (Å²) in [6.07, 6.45) is 0. The first kappa shape index (κ1) is 31.6. The monoisotopic (exact) mass is 716 g/mol. The number of rotatable bonds is 5. The van der Waals surface area contributed by atoms with Crippen LogP contribution in [0.1, 0.15) is 0 Å². The molecular formula is C52H32N2S. The molecule has 0 atom stereocenters. The van der Waals surface area contributed by atoms with Crippen LogP contribution in [0.5, 0.6) is 0 Å². The Hall–Kier alpha value is -6.94. The van der Waals surface area contributed by atoms with Gasteiger partial charge >= 0.3 is 0 Å². The standard InChI is InChI=1S/C52H32N2S/c1-2-11-38(12-3-1)52-53-47(32-48(54-52)40-27-29-50-46(31-40)43-16-8-9-17-49(43)55-50)36-22-18-33(19-23-36)34-20-24-37(25-21-34)51-42-15-7-5-13-39(42)30-45-41-14-6-4-10-35(41)26-28-44(45)51/h1-32H. The maximum atomic E-state index is 5.11. The minimum atomic E-state index is 0.719. The smallest absolute Gasteiger partial charge is 0.160 e. The summed E-state index contributed by atoms with van der Waals surface area (Å²) in [7, 11) is 0. The number of aromatic nitrogens is 2. The average Bonchev–Trinajstić information content (AvgIpc) is 3.64. The lowest BCUT2D eigenvalue weighted by Crippen LogP contribution is -1.96. The van der Waals surface area contributed by atoms with Gasteiger partial charge in [0.05, 0.1) is 11.4 Å². The van der Waals surface area contributed by atoms with Crippen LogP contribution in [0, 0.1) is 0 Å². The molecule has 0 radical (unpaired) electrons. The van der Waals surface area contributed by atoms with Crippen molar-refractivity contribution in [2.75, 3.05) is 0 Å². The fourth-order valence-corrected chi connectivity index (χ4v) is 9.23. The molecule has 2 heterocycles. The summed E-state index contributed by atoms with van der Waals surface area (Å²) in [6.45, 7) is 0. The summed E-state index contributed by atoms with van der Waals surface area (Å²) in [5.41, 5.74) is 9.78. The lowest BCUT2D eigenvalue weighted by molar-refractivity contribution is 1.18. The van der Waals surface area contributed by atoms with Crippen LogP contribution in [0.25, 0.3) is 109 Å². The molecule has 0 amide bonds. The fraction of sp³-hybridized carbons (Fsp3) is 0. The van der Waals surface area contributed by atoms with E-state index >= 15 is 0 Å². The Morgan fingerprint density at radius 2 is 0.873 bits per heavy atom. The van der Waals surface area contributed by atoms with Crippen molar-refractivity contribution in [1.29, 1.82) is 0 Å². The van der Waals surface area contributed by atoms with Crippen LogP contribution < -0.4 is 0 Å². The quantitative estimate of drug-likeness (QED) is 0.131. The lowest BCUT2D eigenvalue weighted by Gasteiger charge is -2.14. The molecule has 0 aliphatic carbocycles. The summed E-state index contributed by atoms with van der Waals surface area (Å²) >= 11 is 1.83. The van der Waals surface area contributed by atoms with Crippen LogP contribution >= 0.6 is 11.3 Å². The Morgan fingerprint density at radius 1 is 0.291 bits per heavy atom. The predicted molar refractivity (Wildman–Crippen MR) is 235 cm³/mol. The van der Waals surface area contributed by atoms with Crippen molar-refractivity contribution < 1.29 is 0 Å². The zero-order valence-electron chi connectivity index (χ0n) is 29.8. The molecule has 11 rings (SSSR count). The van der Waals surface area contributed by atoms with Crippen molar-refractivity contribution in [3.8, 4) is 56.2 Å². The van der Waals surface area contributed by atoms with E-state index in [-0.39, 0.29) is 0 Å². The van der Waals surface area contributed by atoms with E-state index in [1.807, 2.05) is 29.5 Å². The van der Waals surface area contributed by atoms with Gasteiger partial charge in [-0.2, -0.15) is 0 Å². The minimum Gasteiger partial charge on any atom is -0.228 e. The third-order valence-electron chi connectivity index (χ3n) is 10.9. The Balaban J connectivity index is 0.971. The largest absolute Gasteiger partial charge is 0.228 e. The van der Waals surface area contributed by atoms with E-state index in [0.29, 0.717) is 0 Å². The van der Waals surface area contributed by atoms with Crippen LogP contribution in [0.3, 0.4) is 0 Å². The Bertz CT molecular complexity index is 3230. The van der Waals surface area contributed by atoms with E-state index < -0.39 is 0 Å². The molecule has 11 aromatic rings. The maximum absolute atomic E-state index is 5.11. The molecule has 9 aromatic carbocycles. The molecule has 0 bridgehead atoms. The first-order valence-electron chi connectivity index (χ1n) is 18.6. The number of hydrogen-bond donors (Lipinski definition) is 0. The first-order valence-corrected chi connectivity index (χ1v) is 19.5. The topological polar surface area (TPSA) is 25.8 Å². The number of hydrogen-bond acceptors (Lipinski definition) is 3. The average molecular weight is 717 g/mol. The molecule has 0 spiro atoms. The van der Waals surface area contributed by atoms with E-state index in [4.69, 9.17) is 9.97 Å². The Labute approximate surface area is 322 Å². The number of benzene rings is 9. The van der Waals surface area contributed by atoms with Crippen molar-refractivity contribution in [2.45, 2.75) is 0 Å². The molecule has 3 heteroatoms. The highest BCUT2D eigenvalue weighted by atomic mass is 32.1. The lowest BCUT2D eigenvalue weighted by atomic mass is 9.89. The molecule has 0 saturated carbocycles. The summed E-state index contributed by atoms with van der Waals surface area (Å²) in [5, 5.41) is 10.2. The van der Waals surface area contributed by atoms with Crippen molar-refractivity contribution in [1.82, 2.24) is 9.97 Å². The minimum absolute atomic E-state index is 0.719. The SMILES string of the molecule is c1ccc(-c2nc(-c3ccc(-c4ccc(-c5c6ccccc6cc6c5ccc5ccccc56)cc4)cc3)cc(-c3ccc4sc5ccccc5c4c3)n2)cc1. The number of fused-ring (bicyclic) bond motifs is 7. The Morgan fingerprint density at radius 3 is 1.65 bits per heavy atom. The maximum Gasteiger partial charge on any atom is 0.160 e. The second kappa shape index (κ2) is 12.9. The molecular weight excluding hydrogens is 685 g/mol. The van der Waals surface area contributed by atoms with E-state index in [2.05, 4.69) is 176 Å². The molecule has 2 aromatic heterocycles. The third-order valence-corrected chi connectivity index (χ3v) is 12.0. The van der Waals surface area contributed by atoms with Crippen LogP contribution in [-0.2, 0) is 0 Å². The molecule has 55 heavy (non-hydrogen) atoms. The number of nitrogens with zero attached hydrogens (tertiary/aromatic N) is 2. The molecule has 2 nitrogen and oxygen atoms in total. The second-order valence-electron chi connectivity index (χ2n) is 14.1. The highest BCUT2D eigenvalue weighted by Gasteiger charge is 2.15. The van der Waals surface area contributed by atoms with Gasteiger partial charge in [0.25, 0.3) is 0 Å².